The Morgan fingerprint density at radius 2 is 1.93 bits per heavy atom. The molecule has 1 heterocycles. The van der Waals surface area contributed by atoms with E-state index in [1.807, 2.05) is 36.6 Å². The highest BCUT2D eigenvalue weighted by atomic mass is 79.9. The Morgan fingerprint density at radius 1 is 1.15 bits per heavy atom. The van der Waals surface area contributed by atoms with Crippen LogP contribution in [0, 0.1) is 0 Å². The minimum absolute atomic E-state index is 0.00587. The van der Waals surface area contributed by atoms with Gasteiger partial charge in [-0.2, -0.15) is 18.3 Å². The maximum Gasteiger partial charge on any atom is 0.417 e. The summed E-state index contributed by atoms with van der Waals surface area (Å²) in [5.74, 6) is 0. The Labute approximate surface area is 166 Å². The van der Waals surface area contributed by atoms with Gasteiger partial charge in [0.15, 0.2) is 0 Å². The number of aromatic nitrogens is 1. The van der Waals surface area contributed by atoms with Gasteiger partial charge in [-0.25, -0.2) is 4.68 Å². The van der Waals surface area contributed by atoms with Crippen molar-refractivity contribution in [2.75, 3.05) is 6.54 Å². The van der Waals surface area contributed by atoms with Crippen molar-refractivity contribution in [1.82, 2.24) is 4.68 Å². The van der Waals surface area contributed by atoms with Crippen LogP contribution >= 0.6 is 27.3 Å². The van der Waals surface area contributed by atoms with E-state index in [-0.39, 0.29) is 5.56 Å². The van der Waals surface area contributed by atoms with E-state index in [0.717, 1.165) is 21.8 Å². The molecule has 0 fully saturated rings. The Balaban J connectivity index is 2.11. The highest BCUT2D eigenvalue weighted by Gasteiger charge is 2.32. The van der Waals surface area contributed by atoms with Crippen molar-refractivity contribution in [3.8, 4) is 11.3 Å². The van der Waals surface area contributed by atoms with Crippen LogP contribution in [0.5, 0.6) is 0 Å². The van der Waals surface area contributed by atoms with Crippen LogP contribution in [0.2, 0.25) is 0 Å². The molecule has 3 rings (SSSR count). The molecule has 0 saturated carbocycles. The van der Waals surface area contributed by atoms with E-state index >= 15 is 0 Å². The lowest BCUT2D eigenvalue weighted by atomic mass is 10.1. The summed E-state index contributed by atoms with van der Waals surface area (Å²) in [4.78, 5) is 5.01. The van der Waals surface area contributed by atoms with E-state index in [4.69, 9.17) is 0 Å². The summed E-state index contributed by atoms with van der Waals surface area (Å²) in [5.41, 5.74) is 0.933. The van der Waals surface area contributed by atoms with Gasteiger partial charge in [-0.1, -0.05) is 46.3 Å². The third kappa shape index (κ3) is 4.56. The van der Waals surface area contributed by atoms with Crippen molar-refractivity contribution in [2.45, 2.75) is 13.1 Å². The number of alkyl halides is 3. The number of rotatable bonds is 4. The first-order valence-electron chi connectivity index (χ1n) is 8.07. The van der Waals surface area contributed by atoms with Crippen LogP contribution in [-0.2, 0) is 6.18 Å². The van der Waals surface area contributed by atoms with E-state index in [0.29, 0.717) is 11.3 Å². The van der Waals surface area contributed by atoms with Crippen molar-refractivity contribution in [3.05, 3.63) is 74.3 Å². The van der Waals surface area contributed by atoms with Crippen LogP contribution in [0.3, 0.4) is 0 Å². The van der Waals surface area contributed by atoms with Crippen LogP contribution in [0.1, 0.15) is 18.1 Å². The summed E-state index contributed by atoms with van der Waals surface area (Å²) >= 11 is 4.83. The number of thiazole rings is 1. The third-order valence-electron chi connectivity index (χ3n) is 3.68. The van der Waals surface area contributed by atoms with E-state index < -0.39 is 11.7 Å². The highest BCUT2D eigenvalue weighted by Crippen LogP contribution is 2.31. The second kappa shape index (κ2) is 8.22. The van der Waals surface area contributed by atoms with Crippen molar-refractivity contribution in [2.24, 2.45) is 10.1 Å². The minimum Gasteiger partial charge on any atom is -0.258 e. The molecule has 0 aliphatic carbocycles. The van der Waals surface area contributed by atoms with E-state index in [2.05, 4.69) is 26.0 Å². The van der Waals surface area contributed by atoms with E-state index in [1.54, 1.807) is 10.7 Å². The molecule has 0 bridgehead atoms. The Kier molecular flexibility index (Phi) is 5.96. The molecule has 0 N–H and O–H groups in total. The van der Waals surface area contributed by atoms with Crippen molar-refractivity contribution >= 4 is 33.5 Å². The number of hydrogen-bond donors (Lipinski definition) is 0. The van der Waals surface area contributed by atoms with E-state index in [1.165, 1.54) is 29.7 Å². The Bertz CT molecular complexity index is 1030. The Morgan fingerprint density at radius 3 is 2.63 bits per heavy atom. The molecule has 0 amide bonds. The number of benzene rings is 2. The normalized spacial score (nSPS) is 12.9. The monoisotopic (exact) mass is 453 g/mol. The smallest absolute Gasteiger partial charge is 0.258 e. The second-order valence-electron chi connectivity index (χ2n) is 5.53. The summed E-state index contributed by atoms with van der Waals surface area (Å²) < 4.78 is 42.1. The van der Waals surface area contributed by atoms with Crippen LogP contribution in [0.25, 0.3) is 11.3 Å². The lowest BCUT2D eigenvalue weighted by Crippen LogP contribution is -2.13. The summed E-state index contributed by atoms with van der Waals surface area (Å²) in [6.07, 6.45) is -3.21. The zero-order valence-electron chi connectivity index (χ0n) is 14.2. The molecule has 2 aromatic carbocycles. The average molecular weight is 454 g/mol. The standard InChI is InChI=1S/C19H15BrF3N3S/c1-2-24-18-26(17(12-27-18)13-7-5-8-15(20)10-13)25-11-14-6-3-4-9-16(14)19(21,22)23/h3-12H,2H2,1H3/b24-18?,25-11-. The molecule has 0 radical (unpaired) electrons. The topological polar surface area (TPSA) is 29.6 Å². The summed E-state index contributed by atoms with van der Waals surface area (Å²) in [6, 6.07) is 13.0. The van der Waals surface area contributed by atoms with Gasteiger partial charge in [-0.15, -0.1) is 11.3 Å². The van der Waals surface area contributed by atoms with Gasteiger partial charge in [0, 0.05) is 27.5 Å². The molecule has 3 aromatic rings. The van der Waals surface area contributed by atoms with Gasteiger partial charge in [0.1, 0.15) is 0 Å². The fraction of sp³-hybridized carbons (Fsp3) is 0.158. The van der Waals surface area contributed by atoms with Crippen LogP contribution < -0.4 is 4.80 Å². The molecule has 27 heavy (non-hydrogen) atoms. The lowest BCUT2D eigenvalue weighted by Gasteiger charge is -2.09. The molecule has 0 unspecified atom stereocenters. The SMILES string of the molecule is CCN=c1scc(-c2cccc(Br)c2)n1/N=C\c1ccccc1C(F)(F)F. The molecule has 8 heteroatoms. The van der Waals surface area contributed by atoms with Gasteiger partial charge in [0.2, 0.25) is 4.80 Å². The van der Waals surface area contributed by atoms with Crippen molar-refractivity contribution in [3.63, 3.8) is 0 Å². The highest BCUT2D eigenvalue weighted by molar-refractivity contribution is 9.10. The summed E-state index contributed by atoms with van der Waals surface area (Å²) in [5, 5.41) is 6.22. The molecule has 1 aromatic heterocycles. The van der Waals surface area contributed by atoms with Gasteiger partial charge < -0.3 is 0 Å². The van der Waals surface area contributed by atoms with Crippen LogP contribution in [0.15, 0.2) is 68.5 Å². The summed E-state index contributed by atoms with van der Waals surface area (Å²) in [7, 11) is 0. The van der Waals surface area contributed by atoms with Crippen molar-refractivity contribution < 1.29 is 13.2 Å². The van der Waals surface area contributed by atoms with Gasteiger partial charge >= 0.3 is 6.18 Å². The first-order chi connectivity index (χ1) is 12.9. The fourth-order valence-corrected chi connectivity index (χ4v) is 3.79. The number of halogens is 4. The predicted molar refractivity (Wildman–Crippen MR) is 106 cm³/mol. The molecular formula is C19H15BrF3N3S. The van der Waals surface area contributed by atoms with Gasteiger partial charge in [0.25, 0.3) is 0 Å². The second-order valence-corrected chi connectivity index (χ2v) is 7.28. The maximum atomic E-state index is 13.2. The zero-order chi connectivity index (χ0) is 19.4. The van der Waals surface area contributed by atoms with Crippen LogP contribution in [0.4, 0.5) is 13.2 Å². The van der Waals surface area contributed by atoms with Gasteiger partial charge in [-0.3, -0.25) is 4.99 Å². The fourth-order valence-electron chi connectivity index (χ4n) is 2.49. The minimum atomic E-state index is -4.44. The quantitative estimate of drug-likeness (QED) is 0.446. The van der Waals surface area contributed by atoms with Gasteiger partial charge in [-0.05, 0) is 25.1 Å². The first-order valence-corrected chi connectivity index (χ1v) is 9.75. The van der Waals surface area contributed by atoms with Crippen LogP contribution in [-0.4, -0.2) is 17.4 Å². The molecule has 0 atom stereocenters. The lowest BCUT2D eigenvalue weighted by molar-refractivity contribution is -0.137. The number of hydrogen-bond acceptors (Lipinski definition) is 3. The molecule has 0 spiro atoms. The first kappa shape index (κ1) is 19.6. The molecule has 140 valence electrons. The van der Waals surface area contributed by atoms with E-state index in [9.17, 15) is 13.2 Å². The molecular weight excluding hydrogens is 439 g/mol. The molecule has 0 saturated heterocycles. The molecule has 3 nitrogen and oxygen atoms in total. The van der Waals surface area contributed by atoms with Crippen molar-refractivity contribution in [1.29, 1.82) is 0 Å². The van der Waals surface area contributed by atoms with Gasteiger partial charge in [0.05, 0.1) is 17.5 Å². The average Bonchev–Trinajstić information content (AvgIpc) is 3.02. The molecule has 0 aliphatic heterocycles. The largest absolute Gasteiger partial charge is 0.417 e. The number of nitrogens with zero attached hydrogens (tertiary/aromatic N) is 3. The third-order valence-corrected chi connectivity index (χ3v) is 5.02. The molecule has 0 aliphatic rings. The zero-order valence-corrected chi connectivity index (χ0v) is 16.6. The Hall–Kier alpha value is -2.19. The summed E-state index contributed by atoms with van der Waals surface area (Å²) in [6.45, 7) is 2.44. The predicted octanol–water partition coefficient (Wildman–Crippen LogP) is 5.80. The maximum absolute atomic E-state index is 13.2.